The molecule has 1 atom stereocenters. The molecule has 0 aliphatic heterocycles. The quantitative estimate of drug-likeness (QED) is 0.0261. The predicted octanol–water partition coefficient (Wildman–Crippen LogP) is 23.7. The summed E-state index contributed by atoms with van der Waals surface area (Å²) >= 11 is 0. The Morgan fingerprint density at radius 2 is 0.488 bits per heavy atom. The van der Waals surface area contributed by atoms with E-state index in [4.69, 9.17) is 14.2 Å². The van der Waals surface area contributed by atoms with Crippen molar-refractivity contribution in [3.05, 3.63) is 134 Å². The maximum absolute atomic E-state index is 12.9. The Labute approximate surface area is 506 Å². The summed E-state index contributed by atoms with van der Waals surface area (Å²) in [6.07, 6.45) is 97.5. The predicted molar refractivity (Wildman–Crippen MR) is 357 cm³/mol. The maximum Gasteiger partial charge on any atom is 0.306 e. The van der Waals surface area contributed by atoms with Gasteiger partial charge in [-0.2, -0.15) is 0 Å². The second-order valence-electron chi connectivity index (χ2n) is 22.3. The molecule has 0 saturated carbocycles. The molecule has 0 spiro atoms. The Hall–Kier alpha value is -4.45. The van der Waals surface area contributed by atoms with Crippen LogP contribution in [-0.4, -0.2) is 37.2 Å². The van der Waals surface area contributed by atoms with Gasteiger partial charge < -0.3 is 14.2 Å². The van der Waals surface area contributed by atoms with Gasteiger partial charge in [-0.05, 0) is 135 Å². The summed E-state index contributed by atoms with van der Waals surface area (Å²) < 4.78 is 16.9. The summed E-state index contributed by atoms with van der Waals surface area (Å²) in [5.41, 5.74) is 0. The van der Waals surface area contributed by atoms with E-state index in [0.717, 1.165) is 116 Å². The number of hydrogen-bond acceptors (Lipinski definition) is 6. The minimum absolute atomic E-state index is 0.103. The van der Waals surface area contributed by atoms with Crippen LogP contribution in [0.15, 0.2) is 134 Å². The van der Waals surface area contributed by atoms with Crippen LogP contribution in [0.25, 0.3) is 0 Å². The fourth-order valence-corrected chi connectivity index (χ4v) is 9.26. The van der Waals surface area contributed by atoms with Crippen LogP contribution < -0.4 is 0 Å². The molecule has 0 aliphatic rings. The van der Waals surface area contributed by atoms with Crippen molar-refractivity contribution >= 4 is 17.9 Å². The van der Waals surface area contributed by atoms with Gasteiger partial charge in [0.15, 0.2) is 6.10 Å². The molecule has 466 valence electrons. The Morgan fingerprint density at radius 3 is 0.805 bits per heavy atom. The van der Waals surface area contributed by atoms with Crippen molar-refractivity contribution in [3.63, 3.8) is 0 Å². The second kappa shape index (κ2) is 69.0. The SMILES string of the molecule is CC/C=C\C/C=C\C/C=C\C/C=C\C/C=C\C/C=C\C/C=C\C/C=C\C/C=C\CCCC(=O)OCC(COC(=O)CCCCCCC/C=C\CCCCCCCCC)OC(=O)CCCCCCCCCCC/C=C\CCCCCCCC. The van der Waals surface area contributed by atoms with Crippen LogP contribution in [0.2, 0.25) is 0 Å². The van der Waals surface area contributed by atoms with Crippen LogP contribution in [0.5, 0.6) is 0 Å². The highest BCUT2D eigenvalue weighted by atomic mass is 16.6. The first-order valence-electron chi connectivity index (χ1n) is 34.2. The molecule has 0 N–H and O–H groups in total. The minimum Gasteiger partial charge on any atom is -0.462 e. The third-order valence-corrected chi connectivity index (χ3v) is 14.4. The zero-order chi connectivity index (χ0) is 59.2. The largest absolute Gasteiger partial charge is 0.462 e. The molecule has 1 unspecified atom stereocenters. The van der Waals surface area contributed by atoms with E-state index < -0.39 is 6.10 Å². The molecular formula is C76H126O6. The number of ether oxygens (including phenoxy) is 3. The van der Waals surface area contributed by atoms with E-state index in [-0.39, 0.29) is 37.5 Å². The average molecular weight is 1140 g/mol. The highest BCUT2D eigenvalue weighted by Crippen LogP contribution is 2.15. The van der Waals surface area contributed by atoms with E-state index in [1.807, 2.05) is 0 Å². The van der Waals surface area contributed by atoms with Crippen LogP contribution >= 0.6 is 0 Å². The monoisotopic (exact) mass is 1130 g/mol. The lowest BCUT2D eigenvalue weighted by atomic mass is 10.1. The molecule has 0 aromatic carbocycles. The highest BCUT2D eigenvalue weighted by Gasteiger charge is 2.19. The molecule has 0 radical (unpaired) electrons. The number of esters is 3. The van der Waals surface area contributed by atoms with Crippen LogP contribution in [0, 0.1) is 0 Å². The Kier molecular flexibility index (Phi) is 65.3. The first kappa shape index (κ1) is 77.5. The number of rotatable bonds is 61. The number of carbonyl (C=O) groups excluding carboxylic acids is 3. The summed E-state index contributed by atoms with van der Waals surface area (Å²) in [4.78, 5) is 38.4. The first-order chi connectivity index (χ1) is 40.5. The lowest BCUT2D eigenvalue weighted by molar-refractivity contribution is -0.167. The van der Waals surface area contributed by atoms with Gasteiger partial charge in [-0.1, -0.05) is 289 Å². The highest BCUT2D eigenvalue weighted by molar-refractivity contribution is 5.71. The van der Waals surface area contributed by atoms with E-state index >= 15 is 0 Å². The van der Waals surface area contributed by atoms with Crippen LogP contribution in [0.1, 0.15) is 310 Å². The van der Waals surface area contributed by atoms with Crippen molar-refractivity contribution in [2.75, 3.05) is 13.2 Å². The van der Waals surface area contributed by atoms with Crippen molar-refractivity contribution in [1.29, 1.82) is 0 Å². The molecule has 6 heteroatoms. The van der Waals surface area contributed by atoms with E-state index in [2.05, 4.69) is 154 Å². The zero-order valence-electron chi connectivity index (χ0n) is 53.5. The summed E-state index contributed by atoms with van der Waals surface area (Å²) in [6.45, 7) is 6.49. The fourth-order valence-electron chi connectivity index (χ4n) is 9.26. The minimum atomic E-state index is -0.812. The normalized spacial score (nSPS) is 13.0. The van der Waals surface area contributed by atoms with Crippen LogP contribution in [0.3, 0.4) is 0 Å². The van der Waals surface area contributed by atoms with Gasteiger partial charge >= 0.3 is 17.9 Å². The molecule has 0 saturated heterocycles. The van der Waals surface area contributed by atoms with E-state index in [1.165, 1.54) is 148 Å². The van der Waals surface area contributed by atoms with Gasteiger partial charge in [0.25, 0.3) is 0 Å². The molecular weight excluding hydrogens is 1010 g/mol. The van der Waals surface area contributed by atoms with Gasteiger partial charge in [0.05, 0.1) is 0 Å². The van der Waals surface area contributed by atoms with E-state index in [0.29, 0.717) is 19.3 Å². The van der Waals surface area contributed by atoms with Gasteiger partial charge in [0.2, 0.25) is 0 Å². The molecule has 6 nitrogen and oxygen atoms in total. The topological polar surface area (TPSA) is 78.9 Å². The lowest BCUT2D eigenvalue weighted by Crippen LogP contribution is -2.30. The molecule has 0 bridgehead atoms. The van der Waals surface area contributed by atoms with Gasteiger partial charge in [-0.25, -0.2) is 0 Å². The molecule has 0 fully saturated rings. The van der Waals surface area contributed by atoms with Crippen LogP contribution in [0.4, 0.5) is 0 Å². The van der Waals surface area contributed by atoms with Crippen molar-refractivity contribution in [1.82, 2.24) is 0 Å². The molecule has 0 aromatic heterocycles. The van der Waals surface area contributed by atoms with Gasteiger partial charge in [-0.3, -0.25) is 14.4 Å². The van der Waals surface area contributed by atoms with Gasteiger partial charge in [0, 0.05) is 19.3 Å². The summed E-state index contributed by atoms with van der Waals surface area (Å²) in [7, 11) is 0. The van der Waals surface area contributed by atoms with Gasteiger partial charge in [0.1, 0.15) is 13.2 Å². The molecule has 0 aliphatic carbocycles. The Morgan fingerprint density at radius 1 is 0.256 bits per heavy atom. The van der Waals surface area contributed by atoms with Crippen molar-refractivity contribution in [2.45, 2.75) is 316 Å². The average Bonchev–Trinajstić information content (AvgIpc) is 3.47. The number of allylic oxidation sites excluding steroid dienone is 22. The smallest absolute Gasteiger partial charge is 0.306 e. The first-order valence-corrected chi connectivity index (χ1v) is 34.2. The number of unbranched alkanes of at least 4 members (excludes halogenated alkanes) is 28. The molecule has 82 heavy (non-hydrogen) atoms. The number of hydrogen-bond donors (Lipinski definition) is 0. The molecule has 0 aromatic rings. The third kappa shape index (κ3) is 66.4. The molecule has 0 rings (SSSR count). The van der Waals surface area contributed by atoms with E-state index in [1.54, 1.807) is 0 Å². The lowest BCUT2D eigenvalue weighted by Gasteiger charge is -2.18. The fraction of sp³-hybridized carbons (Fsp3) is 0.671. The van der Waals surface area contributed by atoms with E-state index in [9.17, 15) is 14.4 Å². The summed E-state index contributed by atoms with van der Waals surface area (Å²) in [6, 6.07) is 0. The third-order valence-electron chi connectivity index (χ3n) is 14.4. The zero-order valence-corrected chi connectivity index (χ0v) is 53.5. The Balaban J connectivity index is 4.47. The van der Waals surface area contributed by atoms with Gasteiger partial charge in [-0.15, -0.1) is 0 Å². The van der Waals surface area contributed by atoms with Crippen molar-refractivity contribution < 1.29 is 28.6 Å². The standard InChI is InChI=1S/C76H126O6/c1-4-7-10-13-16-19-22-25-28-31-33-34-35-36-37-38-39-40-41-42-44-45-48-51-54-57-60-63-66-69-75(78)81-72-73(71-80-74(77)68-65-62-59-56-53-50-47-30-27-24-21-18-15-12-9-6-3)82-76(79)70-67-64-61-58-55-52-49-46-43-32-29-26-23-20-17-14-11-8-5-2/h7,10,16,19,25-26,28-30,33-34,36-37,39-40,42,44,47-48,51,57,60,73H,4-6,8-9,11-15,17-18,20-24,27,31-32,35,38,41,43,45-46,49-50,52-56,58-59,61-72H2,1-3H3/b10-7-,19-16-,28-25-,29-26-,34-33-,37-36-,40-39-,44-42-,47-30-,51-48-,60-57-. The second-order valence-corrected chi connectivity index (χ2v) is 22.3. The Bertz CT molecular complexity index is 1730. The maximum atomic E-state index is 12.9. The number of carbonyl (C=O) groups is 3. The van der Waals surface area contributed by atoms with Crippen molar-refractivity contribution in [3.8, 4) is 0 Å². The summed E-state index contributed by atoms with van der Waals surface area (Å²) in [5, 5.41) is 0. The molecule has 0 heterocycles. The van der Waals surface area contributed by atoms with Crippen LogP contribution in [-0.2, 0) is 28.6 Å². The summed E-state index contributed by atoms with van der Waals surface area (Å²) in [5.74, 6) is -0.969. The molecule has 0 amide bonds. The van der Waals surface area contributed by atoms with Crippen molar-refractivity contribution in [2.24, 2.45) is 0 Å².